The third-order valence-electron chi connectivity index (χ3n) is 8.94. The molecule has 11 heteroatoms. The predicted octanol–water partition coefficient (Wildman–Crippen LogP) is 5.47. The van der Waals surface area contributed by atoms with Crippen LogP contribution in [0.3, 0.4) is 0 Å². The zero-order valence-corrected chi connectivity index (χ0v) is 30.7. The number of aliphatic imine (C=N–C) groups is 1. The predicted molar refractivity (Wildman–Crippen MR) is 206 cm³/mol. The van der Waals surface area contributed by atoms with Crippen molar-refractivity contribution < 1.29 is 4.79 Å². The van der Waals surface area contributed by atoms with Crippen LogP contribution in [0.2, 0.25) is 0 Å². The van der Waals surface area contributed by atoms with Gasteiger partial charge in [0, 0.05) is 47.9 Å². The second kappa shape index (κ2) is 17.4. The minimum atomic E-state index is -0.301. The highest BCUT2D eigenvalue weighted by Gasteiger charge is 2.18. The van der Waals surface area contributed by atoms with Crippen LogP contribution in [0.4, 0.5) is 5.69 Å². The van der Waals surface area contributed by atoms with Crippen molar-refractivity contribution in [1.82, 2.24) is 25.2 Å². The van der Waals surface area contributed by atoms with E-state index < -0.39 is 0 Å². The highest BCUT2D eigenvalue weighted by atomic mass is 16.2. The average Bonchev–Trinajstić information content (AvgIpc) is 3.50. The Morgan fingerprint density at radius 2 is 1.66 bits per heavy atom. The smallest absolute Gasteiger partial charge is 0.354 e. The second-order valence-corrected chi connectivity index (χ2v) is 15.2. The molecule has 1 aliphatic heterocycles. The van der Waals surface area contributed by atoms with E-state index in [0.717, 1.165) is 67.0 Å². The molecule has 0 saturated carbocycles. The number of anilines is 1. The third-order valence-corrected chi connectivity index (χ3v) is 8.94. The molecule has 0 atom stereocenters. The summed E-state index contributed by atoms with van der Waals surface area (Å²) < 4.78 is 1.58. The van der Waals surface area contributed by atoms with Crippen LogP contribution in [0.25, 0.3) is 16.7 Å². The quantitative estimate of drug-likeness (QED) is 0.0693. The normalized spacial score (nSPS) is 13.8. The molecule has 50 heavy (non-hydrogen) atoms. The Kier molecular flexibility index (Phi) is 13.4. The van der Waals surface area contributed by atoms with Gasteiger partial charge in [-0.15, -0.1) is 0 Å². The van der Waals surface area contributed by atoms with Gasteiger partial charge in [0.25, 0.3) is 0 Å². The number of nitrogens with zero attached hydrogens (tertiary/aromatic N) is 3. The summed E-state index contributed by atoms with van der Waals surface area (Å²) in [6.45, 7) is 17.3. The summed E-state index contributed by atoms with van der Waals surface area (Å²) in [5.74, 6) is 0.968. The Balaban J connectivity index is 0.000000237. The first-order valence-electron chi connectivity index (χ1n) is 17.8. The van der Waals surface area contributed by atoms with Crippen LogP contribution in [0.15, 0.2) is 70.6 Å². The molecule has 11 nitrogen and oxygen atoms in total. The van der Waals surface area contributed by atoms with E-state index in [-0.39, 0.29) is 28.4 Å². The molecule has 8 N–H and O–H groups in total. The molecule has 5 rings (SSSR count). The Morgan fingerprint density at radius 1 is 0.980 bits per heavy atom. The van der Waals surface area contributed by atoms with E-state index in [1.54, 1.807) is 4.57 Å². The van der Waals surface area contributed by atoms with Crippen molar-refractivity contribution in [2.75, 3.05) is 31.5 Å². The Bertz CT molecular complexity index is 1750. The largest absolute Gasteiger partial charge is 0.370 e. The maximum atomic E-state index is 12.5. The van der Waals surface area contributed by atoms with Crippen LogP contribution < -0.4 is 33.1 Å². The van der Waals surface area contributed by atoms with E-state index >= 15 is 0 Å². The topological polar surface area (TPSA) is 168 Å². The number of benzene rings is 2. The molecule has 0 bridgehead atoms. The van der Waals surface area contributed by atoms with Gasteiger partial charge in [0.05, 0.1) is 5.69 Å². The minimum Gasteiger partial charge on any atom is -0.370 e. The van der Waals surface area contributed by atoms with Crippen LogP contribution >= 0.6 is 0 Å². The van der Waals surface area contributed by atoms with Gasteiger partial charge >= 0.3 is 5.69 Å². The number of amides is 1. The zero-order valence-electron chi connectivity index (χ0n) is 30.7. The van der Waals surface area contributed by atoms with E-state index in [1.807, 2.05) is 42.6 Å². The first kappa shape index (κ1) is 38.3. The first-order valence-corrected chi connectivity index (χ1v) is 17.8. The van der Waals surface area contributed by atoms with E-state index in [2.05, 4.69) is 90.7 Å². The van der Waals surface area contributed by atoms with Crippen LogP contribution in [0.5, 0.6) is 0 Å². The number of fused-ring (bicyclic) bond motifs is 1. The summed E-state index contributed by atoms with van der Waals surface area (Å²) in [5, 5.41) is 10.6. The van der Waals surface area contributed by atoms with E-state index in [0.29, 0.717) is 24.5 Å². The molecule has 0 radical (unpaired) electrons. The number of piperidine rings is 1. The molecule has 2 aromatic heterocycles. The van der Waals surface area contributed by atoms with Gasteiger partial charge in [-0.2, -0.15) is 4.98 Å². The Hall–Kier alpha value is -4.48. The number of H-pyrrole nitrogens is 1. The summed E-state index contributed by atoms with van der Waals surface area (Å²) in [6, 6.07) is 18.1. The first-order chi connectivity index (χ1) is 23.7. The number of hydrogen-bond donors (Lipinski definition) is 6. The number of carbonyl (C=O) groups excluding carboxylic acids is 1. The fourth-order valence-electron chi connectivity index (χ4n) is 5.79. The van der Waals surface area contributed by atoms with E-state index in [9.17, 15) is 9.59 Å². The van der Waals surface area contributed by atoms with E-state index in [4.69, 9.17) is 11.5 Å². The summed E-state index contributed by atoms with van der Waals surface area (Å²) in [5.41, 5.74) is 16.2. The molecule has 1 amide bonds. The lowest BCUT2D eigenvalue weighted by molar-refractivity contribution is -0.116. The molecule has 4 aromatic rings. The van der Waals surface area contributed by atoms with Gasteiger partial charge in [-0.1, -0.05) is 65.8 Å². The number of nitrogens with two attached hydrogens (primary N) is 2. The molecular formula is C39H57N9O2. The number of nitrogens with one attached hydrogen (secondary N) is 4. The fraction of sp³-hybridized carbons (Fsp3) is 0.487. The van der Waals surface area contributed by atoms with Gasteiger partial charge in [-0.25, -0.2) is 4.79 Å². The van der Waals surface area contributed by atoms with Gasteiger partial charge in [0.1, 0.15) is 5.65 Å². The van der Waals surface area contributed by atoms with Crippen LogP contribution in [-0.4, -0.2) is 52.6 Å². The number of aromatic nitrogens is 3. The van der Waals surface area contributed by atoms with Crippen molar-refractivity contribution in [3.63, 3.8) is 0 Å². The van der Waals surface area contributed by atoms with Crippen molar-refractivity contribution in [2.45, 2.75) is 91.0 Å². The van der Waals surface area contributed by atoms with Crippen LogP contribution in [0.1, 0.15) is 90.5 Å². The average molecular weight is 684 g/mol. The lowest BCUT2D eigenvalue weighted by Gasteiger charge is -2.22. The van der Waals surface area contributed by atoms with Crippen molar-refractivity contribution in [2.24, 2.45) is 22.4 Å². The fourth-order valence-corrected chi connectivity index (χ4v) is 5.79. The molecule has 2 aromatic carbocycles. The maximum absolute atomic E-state index is 12.5. The highest BCUT2D eigenvalue weighted by molar-refractivity contribution is 5.90. The SMILES string of the molecule is CC(C)(C)c1cc2cn(-c3ccc(CNCCCN=C(N)N)cc3)c(=O)nc2[nH]1.CC(C)(C)c1ccc(NC(=O)CCC2CCNCC2)cc1. The van der Waals surface area contributed by atoms with Crippen molar-refractivity contribution in [1.29, 1.82) is 0 Å². The van der Waals surface area contributed by atoms with Crippen LogP contribution in [0, 0.1) is 5.92 Å². The number of guanidine groups is 1. The summed E-state index contributed by atoms with van der Waals surface area (Å²) in [4.78, 5) is 35.9. The van der Waals surface area contributed by atoms with Crippen molar-refractivity contribution in [3.8, 4) is 5.69 Å². The van der Waals surface area contributed by atoms with Crippen molar-refractivity contribution in [3.05, 3.63) is 88.1 Å². The highest BCUT2D eigenvalue weighted by Crippen LogP contribution is 2.25. The molecule has 1 saturated heterocycles. The minimum absolute atomic E-state index is 0.0352. The van der Waals surface area contributed by atoms with Gasteiger partial charge in [-0.3, -0.25) is 14.4 Å². The lowest BCUT2D eigenvalue weighted by Crippen LogP contribution is -2.28. The number of aromatic amines is 1. The molecule has 3 heterocycles. The van der Waals surface area contributed by atoms with Gasteiger partial charge in [-0.05, 0) is 98.1 Å². The standard InChI is InChI=1S/C21H29N7O.C18H28N2O/c1-21(2,3)17-11-15-13-28(20(29)27-18(15)26-17)16-7-5-14(6-8-16)12-24-9-4-10-25-19(22)23;1-18(2,3)15-5-7-16(8-6-15)20-17(21)9-4-14-10-12-19-13-11-14/h5-8,11,13,24H,4,9-10,12H2,1-3H3,(H4,22,23,25)(H,26,27,29);5-8,14,19H,4,9-13H2,1-3H3,(H,20,21). The summed E-state index contributed by atoms with van der Waals surface area (Å²) in [7, 11) is 0. The molecule has 1 aliphatic rings. The molecule has 0 spiro atoms. The number of carbonyl (C=O) groups is 1. The van der Waals surface area contributed by atoms with Gasteiger partial charge in [0.2, 0.25) is 5.91 Å². The molecule has 1 fully saturated rings. The van der Waals surface area contributed by atoms with E-state index in [1.165, 1.54) is 18.4 Å². The lowest BCUT2D eigenvalue weighted by atomic mass is 9.87. The Labute approximate surface area is 296 Å². The van der Waals surface area contributed by atoms with Crippen LogP contribution in [-0.2, 0) is 22.2 Å². The molecule has 0 unspecified atom stereocenters. The maximum Gasteiger partial charge on any atom is 0.354 e. The molecular weight excluding hydrogens is 626 g/mol. The van der Waals surface area contributed by atoms with Gasteiger partial charge < -0.3 is 32.4 Å². The summed E-state index contributed by atoms with van der Waals surface area (Å²) in [6.07, 6.45) is 6.75. The second-order valence-electron chi connectivity index (χ2n) is 15.2. The number of hydrogen-bond acceptors (Lipinski definition) is 6. The summed E-state index contributed by atoms with van der Waals surface area (Å²) >= 11 is 0. The number of rotatable bonds is 11. The Morgan fingerprint density at radius 3 is 2.28 bits per heavy atom. The van der Waals surface area contributed by atoms with Crippen molar-refractivity contribution >= 4 is 28.6 Å². The molecule has 270 valence electrons. The molecule has 0 aliphatic carbocycles. The third kappa shape index (κ3) is 11.8. The monoisotopic (exact) mass is 683 g/mol. The van der Waals surface area contributed by atoms with Gasteiger partial charge in [0.15, 0.2) is 5.96 Å². The zero-order chi connectivity index (χ0) is 36.3.